The zero-order valence-electron chi connectivity index (χ0n) is 13.2. The van der Waals surface area contributed by atoms with E-state index in [0.717, 1.165) is 5.56 Å². The fraction of sp³-hybridized carbons (Fsp3) is 0.312. The number of rotatable bonds is 5. The van der Waals surface area contributed by atoms with Crippen LogP contribution < -0.4 is 5.56 Å². The van der Waals surface area contributed by atoms with E-state index in [2.05, 4.69) is 5.10 Å². The van der Waals surface area contributed by atoms with E-state index in [1.165, 1.54) is 15.6 Å². The SMILES string of the molecule is Cc1ccc(-n2[nH]c(C(=O)N(CC(=O)O)C(C)C)cc2=O)cc1. The van der Waals surface area contributed by atoms with Gasteiger partial charge in [0.1, 0.15) is 12.2 Å². The number of nitrogens with one attached hydrogen (secondary N) is 1. The second-order valence-corrected chi connectivity index (χ2v) is 5.60. The molecule has 0 saturated carbocycles. The predicted molar refractivity (Wildman–Crippen MR) is 84.9 cm³/mol. The van der Waals surface area contributed by atoms with Crippen molar-refractivity contribution in [2.24, 2.45) is 0 Å². The molecule has 1 aromatic heterocycles. The largest absolute Gasteiger partial charge is 0.480 e. The Labute approximate surface area is 133 Å². The maximum Gasteiger partial charge on any atom is 0.323 e. The van der Waals surface area contributed by atoms with Crippen molar-refractivity contribution in [3.63, 3.8) is 0 Å². The Kier molecular flexibility index (Phi) is 4.68. The van der Waals surface area contributed by atoms with E-state index in [-0.39, 0.29) is 17.3 Å². The number of aryl methyl sites for hydroxylation is 1. The lowest BCUT2D eigenvalue weighted by molar-refractivity contribution is -0.138. The molecule has 0 atom stereocenters. The lowest BCUT2D eigenvalue weighted by atomic mass is 10.2. The zero-order chi connectivity index (χ0) is 17.1. The number of aromatic amines is 1. The first kappa shape index (κ1) is 16.5. The summed E-state index contributed by atoms with van der Waals surface area (Å²) in [5, 5.41) is 11.7. The highest BCUT2D eigenvalue weighted by atomic mass is 16.4. The molecule has 23 heavy (non-hydrogen) atoms. The van der Waals surface area contributed by atoms with Gasteiger partial charge in [-0.15, -0.1) is 0 Å². The minimum Gasteiger partial charge on any atom is -0.480 e. The van der Waals surface area contributed by atoms with Crippen LogP contribution in [-0.2, 0) is 4.79 Å². The summed E-state index contributed by atoms with van der Waals surface area (Å²) < 4.78 is 1.26. The van der Waals surface area contributed by atoms with E-state index < -0.39 is 18.4 Å². The summed E-state index contributed by atoms with van der Waals surface area (Å²) in [6.45, 7) is 4.95. The molecule has 2 rings (SSSR count). The number of benzene rings is 1. The Balaban J connectivity index is 2.36. The third-order valence-corrected chi connectivity index (χ3v) is 3.43. The fourth-order valence-electron chi connectivity index (χ4n) is 2.18. The van der Waals surface area contributed by atoms with Gasteiger partial charge in [0, 0.05) is 12.1 Å². The number of amides is 1. The first-order valence-corrected chi connectivity index (χ1v) is 7.21. The molecule has 0 unspecified atom stereocenters. The van der Waals surface area contributed by atoms with Gasteiger partial charge in [-0.25, -0.2) is 4.68 Å². The number of hydrogen-bond donors (Lipinski definition) is 2. The van der Waals surface area contributed by atoms with Crippen LogP contribution in [0.3, 0.4) is 0 Å². The third-order valence-electron chi connectivity index (χ3n) is 3.43. The molecule has 0 aliphatic carbocycles. The van der Waals surface area contributed by atoms with E-state index in [9.17, 15) is 14.4 Å². The van der Waals surface area contributed by atoms with E-state index in [0.29, 0.717) is 5.69 Å². The van der Waals surface area contributed by atoms with Gasteiger partial charge in [0.05, 0.1) is 5.69 Å². The Morgan fingerprint density at radius 1 is 1.26 bits per heavy atom. The average Bonchev–Trinajstić information content (AvgIpc) is 2.86. The Morgan fingerprint density at radius 2 is 1.87 bits per heavy atom. The molecule has 2 aromatic rings. The smallest absolute Gasteiger partial charge is 0.323 e. The first-order valence-electron chi connectivity index (χ1n) is 7.21. The number of nitrogens with zero attached hydrogens (tertiary/aromatic N) is 2. The van der Waals surface area contributed by atoms with Gasteiger partial charge >= 0.3 is 5.97 Å². The number of aliphatic carboxylic acids is 1. The quantitative estimate of drug-likeness (QED) is 0.871. The van der Waals surface area contributed by atoms with Crippen molar-refractivity contribution >= 4 is 11.9 Å². The summed E-state index contributed by atoms with van der Waals surface area (Å²) in [4.78, 5) is 36.6. The summed E-state index contributed by atoms with van der Waals surface area (Å²) in [6, 6.07) is 8.12. The maximum absolute atomic E-state index is 12.5. The fourth-order valence-corrected chi connectivity index (χ4v) is 2.18. The molecule has 1 heterocycles. The van der Waals surface area contributed by atoms with Gasteiger partial charge in [0.25, 0.3) is 11.5 Å². The van der Waals surface area contributed by atoms with Crippen molar-refractivity contribution in [3.05, 3.63) is 51.9 Å². The van der Waals surface area contributed by atoms with Crippen molar-refractivity contribution < 1.29 is 14.7 Å². The topological polar surface area (TPSA) is 95.4 Å². The van der Waals surface area contributed by atoms with Crippen LogP contribution in [0.5, 0.6) is 0 Å². The number of carbonyl (C=O) groups is 2. The van der Waals surface area contributed by atoms with Crippen molar-refractivity contribution in [2.75, 3.05) is 6.54 Å². The highest BCUT2D eigenvalue weighted by Crippen LogP contribution is 2.09. The molecule has 1 amide bonds. The summed E-state index contributed by atoms with van der Waals surface area (Å²) in [7, 11) is 0. The number of H-pyrrole nitrogens is 1. The molecule has 0 fully saturated rings. The standard InChI is InChI=1S/C16H19N3O4/c1-10(2)18(9-15(21)22)16(23)13-8-14(20)19(17-13)12-6-4-11(3)5-7-12/h4-8,10,17H,9H2,1-3H3,(H,21,22). The molecule has 1 aromatic carbocycles. The maximum atomic E-state index is 12.5. The van der Waals surface area contributed by atoms with Gasteiger partial charge in [-0.05, 0) is 32.9 Å². The minimum atomic E-state index is -1.10. The summed E-state index contributed by atoms with van der Waals surface area (Å²) in [5.74, 6) is -1.63. The molecule has 0 aliphatic heterocycles. The summed E-state index contributed by atoms with van der Waals surface area (Å²) in [6.07, 6.45) is 0. The summed E-state index contributed by atoms with van der Waals surface area (Å²) >= 11 is 0. The highest BCUT2D eigenvalue weighted by molar-refractivity contribution is 5.94. The van der Waals surface area contributed by atoms with Gasteiger partial charge in [-0.1, -0.05) is 17.7 Å². The second kappa shape index (κ2) is 6.51. The van der Waals surface area contributed by atoms with Crippen LogP contribution in [0.4, 0.5) is 0 Å². The number of carboxylic acids is 1. The first-order chi connectivity index (χ1) is 10.8. The zero-order valence-corrected chi connectivity index (χ0v) is 13.2. The molecule has 2 N–H and O–H groups in total. The van der Waals surface area contributed by atoms with Crippen LogP contribution in [0, 0.1) is 6.92 Å². The van der Waals surface area contributed by atoms with E-state index in [1.807, 2.05) is 19.1 Å². The van der Waals surface area contributed by atoms with Crippen molar-refractivity contribution in [2.45, 2.75) is 26.8 Å². The van der Waals surface area contributed by atoms with Crippen LogP contribution in [0.15, 0.2) is 35.1 Å². The van der Waals surface area contributed by atoms with Crippen LogP contribution >= 0.6 is 0 Å². The molecule has 122 valence electrons. The molecular formula is C16H19N3O4. The predicted octanol–water partition coefficient (Wildman–Crippen LogP) is 1.41. The molecular weight excluding hydrogens is 298 g/mol. The monoisotopic (exact) mass is 317 g/mol. The third kappa shape index (κ3) is 3.68. The Bertz CT molecular complexity index is 771. The van der Waals surface area contributed by atoms with E-state index in [4.69, 9.17) is 5.11 Å². The lowest BCUT2D eigenvalue weighted by Gasteiger charge is -2.24. The highest BCUT2D eigenvalue weighted by Gasteiger charge is 2.23. The van der Waals surface area contributed by atoms with Gasteiger partial charge in [-0.3, -0.25) is 19.5 Å². The lowest BCUT2D eigenvalue weighted by Crippen LogP contribution is -2.40. The molecule has 0 bridgehead atoms. The average molecular weight is 317 g/mol. The second-order valence-electron chi connectivity index (χ2n) is 5.60. The minimum absolute atomic E-state index is 0.0607. The molecule has 0 saturated heterocycles. The van der Waals surface area contributed by atoms with Crippen molar-refractivity contribution in [1.82, 2.24) is 14.7 Å². The number of aromatic nitrogens is 2. The number of carboxylic acid groups (broad SMARTS) is 1. The van der Waals surface area contributed by atoms with Crippen LogP contribution in [-0.4, -0.2) is 44.3 Å². The molecule has 0 radical (unpaired) electrons. The number of hydrogen-bond acceptors (Lipinski definition) is 3. The van der Waals surface area contributed by atoms with E-state index in [1.54, 1.807) is 26.0 Å². The van der Waals surface area contributed by atoms with Crippen LogP contribution in [0.1, 0.15) is 29.9 Å². The number of carbonyl (C=O) groups excluding carboxylic acids is 1. The van der Waals surface area contributed by atoms with Gasteiger partial charge in [-0.2, -0.15) is 0 Å². The molecule has 7 heteroatoms. The molecule has 7 nitrogen and oxygen atoms in total. The van der Waals surface area contributed by atoms with Crippen molar-refractivity contribution in [1.29, 1.82) is 0 Å². The van der Waals surface area contributed by atoms with Crippen LogP contribution in [0.2, 0.25) is 0 Å². The van der Waals surface area contributed by atoms with Gasteiger partial charge in [0.2, 0.25) is 0 Å². The van der Waals surface area contributed by atoms with Gasteiger partial charge in [0.15, 0.2) is 0 Å². The normalized spacial score (nSPS) is 10.8. The van der Waals surface area contributed by atoms with Gasteiger partial charge < -0.3 is 10.0 Å². The van der Waals surface area contributed by atoms with E-state index >= 15 is 0 Å². The Morgan fingerprint density at radius 3 is 2.39 bits per heavy atom. The van der Waals surface area contributed by atoms with Crippen LogP contribution in [0.25, 0.3) is 5.69 Å². The Hall–Kier alpha value is -2.83. The van der Waals surface area contributed by atoms with Crippen molar-refractivity contribution in [3.8, 4) is 5.69 Å². The molecule has 0 aliphatic rings. The molecule has 0 spiro atoms. The summed E-state index contributed by atoms with van der Waals surface area (Å²) in [5.41, 5.74) is 1.34.